The van der Waals surface area contributed by atoms with Crippen molar-refractivity contribution in [3.8, 4) is 5.75 Å². The predicted molar refractivity (Wildman–Crippen MR) is 87.1 cm³/mol. The first kappa shape index (κ1) is 14.5. The third kappa shape index (κ3) is 3.63. The van der Waals surface area contributed by atoms with Gasteiger partial charge in [0, 0.05) is 17.3 Å². The summed E-state index contributed by atoms with van der Waals surface area (Å²) in [4.78, 5) is 6.32. The Balaban J connectivity index is 1.66. The molecule has 1 aromatic heterocycles. The second-order valence-corrected chi connectivity index (χ2v) is 6.58. The monoisotopic (exact) mass is 302 g/mol. The summed E-state index contributed by atoms with van der Waals surface area (Å²) in [5.41, 5.74) is 1.32. The Morgan fingerprint density at radius 1 is 1.33 bits per heavy atom. The molecule has 0 aliphatic heterocycles. The van der Waals surface area contributed by atoms with E-state index in [1.54, 1.807) is 0 Å². The molecular weight excluding hydrogens is 280 g/mol. The molecule has 3 rings (SSSR count). The zero-order valence-electron chi connectivity index (χ0n) is 12.5. The van der Waals surface area contributed by atoms with E-state index in [0.717, 1.165) is 23.8 Å². The summed E-state index contributed by atoms with van der Waals surface area (Å²) in [6.45, 7) is 4.81. The van der Waals surface area contributed by atoms with Crippen LogP contribution in [0.4, 0.5) is 0 Å². The Morgan fingerprint density at radius 2 is 2.19 bits per heavy atom. The van der Waals surface area contributed by atoms with Gasteiger partial charge in [-0.3, -0.25) is 0 Å². The quantitative estimate of drug-likeness (QED) is 0.882. The summed E-state index contributed by atoms with van der Waals surface area (Å²) < 4.78 is 5.82. The maximum Gasteiger partial charge on any atom is 0.140 e. The third-order valence-corrected chi connectivity index (χ3v) is 4.97. The lowest BCUT2D eigenvalue weighted by molar-refractivity contribution is 0.305. The molecular formula is C17H22N2OS. The van der Waals surface area contributed by atoms with E-state index in [9.17, 15) is 0 Å². The van der Waals surface area contributed by atoms with Crippen LogP contribution in [-0.4, -0.2) is 18.1 Å². The van der Waals surface area contributed by atoms with Gasteiger partial charge in [-0.2, -0.15) is 0 Å². The van der Waals surface area contributed by atoms with Gasteiger partial charge in [0.1, 0.15) is 17.4 Å². The third-order valence-electron chi connectivity index (χ3n) is 3.86. The van der Waals surface area contributed by atoms with E-state index in [0.29, 0.717) is 12.5 Å². The van der Waals surface area contributed by atoms with Gasteiger partial charge in [0.2, 0.25) is 0 Å². The summed E-state index contributed by atoms with van der Waals surface area (Å²) in [6.07, 6.45) is 3.72. The van der Waals surface area contributed by atoms with Crippen LogP contribution in [0.1, 0.15) is 41.3 Å². The lowest BCUT2D eigenvalue weighted by Crippen LogP contribution is -2.24. The average Bonchev–Trinajstić information content (AvgIpc) is 2.95. The van der Waals surface area contributed by atoms with Crippen molar-refractivity contribution in [3.05, 3.63) is 45.9 Å². The smallest absolute Gasteiger partial charge is 0.140 e. The first-order chi connectivity index (χ1) is 10.4. The molecule has 3 nitrogen and oxygen atoms in total. The summed E-state index contributed by atoms with van der Waals surface area (Å²) in [5.74, 6) is 1.49. The SMILES string of the molecule is CCNCC1CCCc2sc(COc3ccccc3)nc21. The fourth-order valence-electron chi connectivity index (χ4n) is 2.80. The van der Waals surface area contributed by atoms with Gasteiger partial charge in [0.25, 0.3) is 0 Å². The molecule has 0 fully saturated rings. The normalized spacial score (nSPS) is 17.5. The molecule has 1 aliphatic rings. The van der Waals surface area contributed by atoms with E-state index in [1.165, 1.54) is 29.8 Å². The van der Waals surface area contributed by atoms with E-state index >= 15 is 0 Å². The van der Waals surface area contributed by atoms with Crippen molar-refractivity contribution in [2.75, 3.05) is 13.1 Å². The maximum atomic E-state index is 5.82. The predicted octanol–water partition coefficient (Wildman–Crippen LogP) is 3.75. The number of nitrogens with one attached hydrogen (secondary N) is 1. The summed E-state index contributed by atoms with van der Waals surface area (Å²) in [5, 5.41) is 4.56. The fourth-order valence-corrected chi connectivity index (χ4v) is 3.91. The highest BCUT2D eigenvalue weighted by Gasteiger charge is 2.24. The molecule has 0 amide bonds. The van der Waals surface area contributed by atoms with Crippen LogP contribution in [0.2, 0.25) is 0 Å². The minimum atomic E-state index is 0.579. The van der Waals surface area contributed by atoms with Crippen molar-refractivity contribution in [2.24, 2.45) is 0 Å². The Morgan fingerprint density at radius 3 is 3.00 bits per heavy atom. The van der Waals surface area contributed by atoms with Crippen LogP contribution in [0.5, 0.6) is 5.75 Å². The lowest BCUT2D eigenvalue weighted by Gasteiger charge is -2.21. The molecule has 112 valence electrons. The van der Waals surface area contributed by atoms with Gasteiger partial charge in [0.05, 0.1) is 5.69 Å². The van der Waals surface area contributed by atoms with Crippen molar-refractivity contribution in [2.45, 2.75) is 38.7 Å². The van der Waals surface area contributed by atoms with Crippen molar-refractivity contribution < 1.29 is 4.74 Å². The largest absolute Gasteiger partial charge is 0.486 e. The van der Waals surface area contributed by atoms with E-state index in [4.69, 9.17) is 9.72 Å². The molecule has 0 saturated carbocycles. The van der Waals surface area contributed by atoms with Crippen LogP contribution in [0.3, 0.4) is 0 Å². The van der Waals surface area contributed by atoms with Gasteiger partial charge >= 0.3 is 0 Å². The van der Waals surface area contributed by atoms with E-state index in [2.05, 4.69) is 12.2 Å². The molecule has 1 aromatic carbocycles. The zero-order chi connectivity index (χ0) is 14.5. The Kier molecular flexibility index (Phi) is 4.88. The number of likely N-dealkylation sites (N-methyl/N-ethyl adjacent to an activating group) is 1. The number of nitrogens with zero attached hydrogens (tertiary/aromatic N) is 1. The van der Waals surface area contributed by atoms with Gasteiger partial charge in [-0.05, 0) is 37.9 Å². The highest BCUT2D eigenvalue weighted by molar-refractivity contribution is 7.11. The topological polar surface area (TPSA) is 34.1 Å². The summed E-state index contributed by atoms with van der Waals surface area (Å²) in [6, 6.07) is 9.96. The average molecular weight is 302 g/mol. The molecule has 1 heterocycles. The van der Waals surface area contributed by atoms with Crippen molar-refractivity contribution in [3.63, 3.8) is 0 Å². The van der Waals surface area contributed by atoms with Crippen LogP contribution in [0.25, 0.3) is 0 Å². The van der Waals surface area contributed by atoms with Crippen molar-refractivity contribution >= 4 is 11.3 Å². The number of benzene rings is 1. The second kappa shape index (κ2) is 7.05. The summed E-state index contributed by atoms with van der Waals surface area (Å²) in [7, 11) is 0. The number of hydrogen-bond acceptors (Lipinski definition) is 4. The number of rotatable bonds is 6. The molecule has 2 aromatic rings. The fraction of sp³-hybridized carbons (Fsp3) is 0.471. The Bertz CT molecular complexity index is 567. The summed E-state index contributed by atoms with van der Waals surface area (Å²) >= 11 is 1.83. The van der Waals surface area contributed by atoms with Crippen LogP contribution in [0.15, 0.2) is 30.3 Å². The number of ether oxygens (including phenoxy) is 1. The Hall–Kier alpha value is -1.39. The number of para-hydroxylation sites is 1. The molecule has 0 saturated heterocycles. The van der Waals surface area contributed by atoms with Crippen LogP contribution in [-0.2, 0) is 13.0 Å². The van der Waals surface area contributed by atoms with E-state index in [-0.39, 0.29) is 0 Å². The molecule has 1 N–H and O–H groups in total. The Labute approximate surface area is 130 Å². The number of aromatic nitrogens is 1. The molecule has 21 heavy (non-hydrogen) atoms. The molecule has 1 atom stereocenters. The second-order valence-electron chi connectivity index (χ2n) is 5.41. The first-order valence-electron chi connectivity index (χ1n) is 7.74. The van der Waals surface area contributed by atoms with Crippen LogP contribution < -0.4 is 10.1 Å². The van der Waals surface area contributed by atoms with Gasteiger partial charge in [-0.15, -0.1) is 11.3 Å². The van der Waals surface area contributed by atoms with Crippen molar-refractivity contribution in [1.29, 1.82) is 0 Å². The molecule has 1 aliphatic carbocycles. The zero-order valence-corrected chi connectivity index (χ0v) is 13.3. The van der Waals surface area contributed by atoms with Crippen LogP contribution >= 0.6 is 11.3 Å². The molecule has 0 radical (unpaired) electrons. The number of hydrogen-bond donors (Lipinski definition) is 1. The first-order valence-corrected chi connectivity index (χ1v) is 8.55. The van der Waals surface area contributed by atoms with Crippen LogP contribution in [0, 0.1) is 0 Å². The molecule has 0 bridgehead atoms. The minimum Gasteiger partial charge on any atom is -0.486 e. The molecule has 0 spiro atoms. The van der Waals surface area contributed by atoms with E-state index < -0.39 is 0 Å². The maximum absolute atomic E-state index is 5.82. The number of aryl methyl sites for hydroxylation is 1. The number of thiazole rings is 1. The van der Waals surface area contributed by atoms with E-state index in [1.807, 2.05) is 41.7 Å². The molecule has 4 heteroatoms. The molecule has 1 unspecified atom stereocenters. The standard InChI is InChI=1S/C17H22N2OS/c1-2-18-11-13-7-6-10-15-17(13)19-16(21-15)12-20-14-8-4-3-5-9-14/h3-5,8-9,13,18H,2,6-7,10-12H2,1H3. The van der Waals surface area contributed by atoms with Gasteiger partial charge < -0.3 is 10.1 Å². The highest BCUT2D eigenvalue weighted by Crippen LogP contribution is 2.34. The minimum absolute atomic E-state index is 0.579. The highest BCUT2D eigenvalue weighted by atomic mass is 32.1. The van der Waals surface area contributed by atoms with Gasteiger partial charge in [0.15, 0.2) is 0 Å². The van der Waals surface area contributed by atoms with Gasteiger partial charge in [-0.1, -0.05) is 25.1 Å². The lowest BCUT2D eigenvalue weighted by atomic mass is 9.91. The number of fused-ring (bicyclic) bond motifs is 1. The van der Waals surface area contributed by atoms with Gasteiger partial charge in [-0.25, -0.2) is 4.98 Å². The van der Waals surface area contributed by atoms with Crippen molar-refractivity contribution in [1.82, 2.24) is 10.3 Å².